The molecule has 0 aliphatic carbocycles. The van der Waals surface area contributed by atoms with E-state index in [0.29, 0.717) is 41.9 Å². The summed E-state index contributed by atoms with van der Waals surface area (Å²) < 4.78 is 7.32. The molecule has 1 fully saturated rings. The molecule has 5 rings (SSSR count). The van der Waals surface area contributed by atoms with Crippen LogP contribution in [0.25, 0.3) is 17.1 Å². The summed E-state index contributed by atoms with van der Waals surface area (Å²) in [4.78, 5) is 21.6. The first-order chi connectivity index (χ1) is 16.5. The van der Waals surface area contributed by atoms with Gasteiger partial charge in [-0.1, -0.05) is 16.8 Å². The number of hydrogen-bond donors (Lipinski definition) is 0. The molecule has 0 bridgehead atoms. The van der Waals surface area contributed by atoms with E-state index in [9.17, 15) is 4.79 Å². The molecule has 174 valence electrons. The van der Waals surface area contributed by atoms with Gasteiger partial charge in [0, 0.05) is 48.0 Å². The monoisotopic (exact) mass is 476 g/mol. The SMILES string of the molecule is Cc1cc(C)n(-c2ccc(C(=O)N3CCN(Cc4nc(-c5ccc(Cl)cc5)no4)CC3)cc2)n1. The quantitative estimate of drug-likeness (QED) is 0.430. The van der Waals surface area contributed by atoms with Crippen molar-refractivity contribution in [3.63, 3.8) is 0 Å². The number of aryl methyl sites for hydroxylation is 2. The molecule has 0 N–H and O–H groups in total. The van der Waals surface area contributed by atoms with Crippen molar-refractivity contribution in [3.8, 4) is 17.1 Å². The molecule has 1 aliphatic rings. The van der Waals surface area contributed by atoms with Gasteiger partial charge in [-0.05, 0) is 68.4 Å². The number of nitrogens with zero attached hydrogens (tertiary/aromatic N) is 6. The molecule has 2 aromatic heterocycles. The van der Waals surface area contributed by atoms with Gasteiger partial charge < -0.3 is 9.42 Å². The Balaban J connectivity index is 1.16. The smallest absolute Gasteiger partial charge is 0.253 e. The Hall–Kier alpha value is -3.49. The van der Waals surface area contributed by atoms with Gasteiger partial charge >= 0.3 is 0 Å². The summed E-state index contributed by atoms with van der Waals surface area (Å²) in [5.41, 5.74) is 4.53. The van der Waals surface area contributed by atoms with E-state index in [4.69, 9.17) is 16.1 Å². The van der Waals surface area contributed by atoms with Gasteiger partial charge in [-0.2, -0.15) is 10.1 Å². The molecule has 0 spiro atoms. The number of halogens is 1. The zero-order chi connectivity index (χ0) is 23.7. The van der Waals surface area contributed by atoms with Crippen molar-refractivity contribution in [2.45, 2.75) is 20.4 Å². The Morgan fingerprint density at radius 3 is 2.35 bits per heavy atom. The highest BCUT2D eigenvalue weighted by Crippen LogP contribution is 2.20. The van der Waals surface area contributed by atoms with Crippen LogP contribution >= 0.6 is 11.6 Å². The van der Waals surface area contributed by atoms with Crippen LogP contribution in [-0.4, -0.2) is 61.8 Å². The third-order valence-corrected chi connectivity index (χ3v) is 6.21. The lowest BCUT2D eigenvalue weighted by Crippen LogP contribution is -2.48. The molecular weight excluding hydrogens is 452 g/mol. The summed E-state index contributed by atoms with van der Waals surface area (Å²) in [5, 5.41) is 9.24. The zero-order valence-corrected chi connectivity index (χ0v) is 19.9. The first-order valence-corrected chi connectivity index (χ1v) is 11.6. The second-order valence-corrected chi connectivity index (χ2v) is 8.91. The number of carbonyl (C=O) groups excluding carboxylic acids is 1. The number of benzene rings is 2. The number of carbonyl (C=O) groups is 1. The van der Waals surface area contributed by atoms with E-state index in [1.54, 1.807) is 12.1 Å². The summed E-state index contributed by atoms with van der Waals surface area (Å²) in [6.07, 6.45) is 0. The Morgan fingerprint density at radius 2 is 1.71 bits per heavy atom. The molecule has 1 saturated heterocycles. The Kier molecular flexibility index (Phi) is 6.17. The standard InChI is InChI=1S/C25H25ClN6O2/c1-17-15-18(2)32(28-17)22-9-5-20(6-10-22)25(33)31-13-11-30(12-14-31)16-23-27-24(29-34-23)19-3-7-21(26)8-4-19/h3-10,15H,11-14,16H2,1-2H3. The van der Waals surface area contributed by atoms with Crippen LogP contribution in [0, 0.1) is 13.8 Å². The van der Waals surface area contributed by atoms with Crippen LogP contribution < -0.4 is 0 Å². The molecule has 0 unspecified atom stereocenters. The Labute approximate surface area is 202 Å². The molecule has 9 heteroatoms. The van der Waals surface area contributed by atoms with Crippen molar-refractivity contribution in [1.82, 2.24) is 29.7 Å². The number of rotatable bonds is 5. The lowest BCUT2D eigenvalue weighted by molar-refractivity contribution is 0.0615. The molecule has 1 aliphatic heterocycles. The van der Waals surface area contributed by atoms with Crippen LogP contribution in [0.5, 0.6) is 0 Å². The summed E-state index contributed by atoms with van der Waals surface area (Å²) in [5.74, 6) is 1.15. The van der Waals surface area contributed by atoms with Gasteiger partial charge in [0.2, 0.25) is 11.7 Å². The van der Waals surface area contributed by atoms with Crippen LogP contribution in [0.3, 0.4) is 0 Å². The number of piperazine rings is 1. The molecule has 2 aromatic carbocycles. The number of hydrogen-bond acceptors (Lipinski definition) is 6. The van der Waals surface area contributed by atoms with Crippen LogP contribution in [0.2, 0.25) is 5.02 Å². The van der Waals surface area contributed by atoms with Gasteiger partial charge in [0.1, 0.15) is 0 Å². The normalized spacial score (nSPS) is 14.5. The fourth-order valence-corrected chi connectivity index (χ4v) is 4.28. The molecule has 0 radical (unpaired) electrons. The largest absolute Gasteiger partial charge is 0.338 e. The number of aromatic nitrogens is 4. The predicted molar refractivity (Wildman–Crippen MR) is 129 cm³/mol. The maximum atomic E-state index is 13.0. The fourth-order valence-electron chi connectivity index (χ4n) is 4.15. The summed E-state index contributed by atoms with van der Waals surface area (Å²) in [6, 6.07) is 17.0. The average Bonchev–Trinajstić information content (AvgIpc) is 3.45. The minimum atomic E-state index is 0.0439. The third-order valence-electron chi connectivity index (χ3n) is 5.96. The summed E-state index contributed by atoms with van der Waals surface area (Å²) in [7, 11) is 0. The van der Waals surface area contributed by atoms with Gasteiger partial charge in [-0.15, -0.1) is 0 Å². The third kappa shape index (κ3) is 4.73. The minimum absolute atomic E-state index is 0.0439. The van der Waals surface area contributed by atoms with Gasteiger partial charge in [0.15, 0.2) is 0 Å². The van der Waals surface area contributed by atoms with E-state index >= 15 is 0 Å². The van der Waals surface area contributed by atoms with Gasteiger partial charge in [0.25, 0.3) is 5.91 Å². The molecule has 3 heterocycles. The molecule has 4 aromatic rings. The molecule has 1 amide bonds. The van der Waals surface area contributed by atoms with E-state index in [2.05, 4.69) is 20.1 Å². The van der Waals surface area contributed by atoms with Crippen molar-refractivity contribution in [1.29, 1.82) is 0 Å². The van der Waals surface area contributed by atoms with Gasteiger partial charge in [-0.3, -0.25) is 9.69 Å². The van der Waals surface area contributed by atoms with E-state index < -0.39 is 0 Å². The van der Waals surface area contributed by atoms with Crippen LogP contribution in [-0.2, 0) is 6.54 Å². The Bertz CT molecular complexity index is 1290. The second kappa shape index (κ2) is 9.40. The maximum absolute atomic E-state index is 13.0. The van der Waals surface area contributed by atoms with E-state index in [-0.39, 0.29) is 5.91 Å². The highest BCUT2D eigenvalue weighted by atomic mass is 35.5. The van der Waals surface area contributed by atoms with Crippen molar-refractivity contribution in [2.24, 2.45) is 0 Å². The molecular formula is C25H25ClN6O2. The lowest BCUT2D eigenvalue weighted by atomic mass is 10.1. The van der Waals surface area contributed by atoms with Crippen molar-refractivity contribution in [2.75, 3.05) is 26.2 Å². The van der Waals surface area contributed by atoms with Crippen molar-refractivity contribution < 1.29 is 9.32 Å². The topological polar surface area (TPSA) is 80.3 Å². The first kappa shape index (κ1) is 22.3. The first-order valence-electron chi connectivity index (χ1n) is 11.2. The fraction of sp³-hybridized carbons (Fsp3) is 0.280. The second-order valence-electron chi connectivity index (χ2n) is 8.47. The van der Waals surface area contributed by atoms with E-state index in [1.165, 1.54) is 0 Å². The van der Waals surface area contributed by atoms with Crippen molar-refractivity contribution in [3.05, 3.63) is 82.5 Å². The lowest BCUT2D eigenvalue weighted by Gasteiger charge is -2.34. The van der Waals surface area contributed by atoms with Crippen molar-refractivity contribution >= 4 is 17.5 Å². The summed E-state index contributed by atoms with van der Waals surface area (Å²) in [6.45, 7) is 7.33. The van der Waals surface area contributed by atoms with E-state index in [0.717, 1.165) is 35.7 Å². The molecule has 0 atom stereocenters. The van der Waals surface area contributed by atoms with Gasteiger partial charge in [-0.25, -0.2) is 4.68 Å². The molecule has 34 heavy (non-hydrogen) atoms. The predicted octanol–water partition coefficient (Wildman–Crippen LogP) is 4.15. The highest BCUT2D eigenvalue weighted by molar-refractivity contribution is 6.30. The molecule has 8 nitrogen and oxygen atoms in total. The molecule has 0 saturated carbocycles. The zero-order valence-electron chi connectivity index (χ0n) is 19.1. The minimum Gasteiger partial charge on any atom is -0.338 e. The average molecular weight is 477 g/mol. The van der Waals surface area contributed by atoms with Crippen LogP contribution in [0.15, 0.2) is 59.1 Å². The summed E-state index contributed by atoms with van der Waals surface area (Å²) >= 11 is 5.94. The Morgan fingerprint density at radius 1 is 1.00 bits per heavy atom. The maximum Gasteiger partial charge on any atom is 0.253 e. The van der Waals surface area contributed by atoms with E-state index in [1.807, 2.05) is 65.9 Å². The van der Waals surface area contributed by atoms with Gasteiger partial charge in [0.05, 0.1) is 17.9 Å². The number of amides is 1. The highest BCUT2D eigenvalue weighted by Gasteiger charge is 2.23. The van der Waals surface area contributed by atoms with Crippen LogP contribution in [0.4, 0.5) is 0 Å². The van der Waals surface area contributed by atoms with Crippen LogP contribution in [0.1, 0.15) is 27.6 Å².